The molecule has 2 rings (SSSR count). The summed E-state index contributed by atoms with van der Waals surface area (Å²) in [5, 5.41) is 12.8. The Morgan fingerprint density at radius 2 is 2.64 bits per heavy atom. The Kier molecular flexibility index (Phi) is 1.54. The average molecular weight is 154 g/mol. The van der Waals surface area contributed by atoms with Gasteiger partial charge in [-0.3, -0.25) is 0 Å². The number of fused-ring (bicyclic) bond motifs is 1. The number of aliphatic hydroxyl groups excluding tert-OH is 1. The van der Waals surface area contributed by atoms with Gasteiger partial charge in [0, 0.05) is 0 Å². The molecule has 0 aliphatic carbocycles. The van der Waals surface area contributed by atoms with Crippen LogP contribution in [0, 0.1) is 0 Å². The van der Waals surface area contributed by atoms with Crippen LogP contribution >= 0.6 is 0 Å². The number of rotatable bonds is 1. The summed E-state index contributed by atoms with van der Waals surface area (Å²) >= 11 is 0. The lowest BCUT2D eigenvalue weighted by Crippen LogP contribution is -2.12. The van der Waals surface area contributed by atoms with Gasteiger partial charge in [0.25, 0.3) is 0 Å². The highest BCUT2D eigenvalue weighted by Crippen LogP contribution is 2.23. The number of nitrogens with zero attached hydrogens (tertiary/aromatic N) is 2. The van der Waals surface area contributed by atoms with Crippen LogP contribution in [0.4, 0.5) is 0 Å². The van der Waals surface area contributed by atoms with Gasteiger partial charge in [-0.05, 0) is 12.8 Å². The van der Waals surface area contributed by atoms with Gasteiger partial charge < -0.3 is 9.84 Å². The van der Waals surface area contributed by atoms with Crippen molar-refractivity contribution in [2.45, 2.75) is 19.6 Å². The van der Waals surface area contributed by atoms with Gasteiger partial charge in [-0.1, -0.05) is 0 Å². The molecule has 60 valence electrons. The standard InChI is InChI=1S/C7H10N2O2/c10-5-9-6-2-1-3-11-7(6)4-8-9/h4,10H,1-3,5H2. The van der Waals surface area contributed by atoms with Crippen molar-refractivity contribution in [2.75, 3.05) is 6.61 Å². The first-order valence-electron chi connectivity index (χ1n) is 3.70. The summed E-state index contributed by atoms with van der Waals surface area (Å²) in [6, 6.07) is 0. The van der Waals surface area contributed by atoms with Crippen LogP contribution < -0.4 is 4.74 Å². The quantitative estimate of drug-likeness (QED) is 0.626. The Balaban J connectivity index is 2.38. The van der Waals surface area contributed by atoms with Gasteiger partial charge in [0.15, 0.2) is 5.75 Å². The molecule has 1 aromatic heterocycles. The smallest absolute Gasteiger partial charge is 0.160 e. The van der Waals surface area contributed by atoms with E-state index in [0.717, 1.165) is 30.9 Å². The highest BCUT2D eigenvalue weighted by molar-refractivity contribution is 5.26. The van der Waals surface area contributed by atoms with Crippen LogP contribution in [0.2, 0.25) is 0 Å². The minimum atomic E-state index is -0.0569. The van der Waals surface area contributed by atoms with Crippen LogP contribution in [0.3, 0.4) is 0 Å². The fourth-order valence-electron chi connectivity index (χ4n) is 1.31. The van der Waals surface area contributed by atoms with E-state index >= 15 is 0 Å². The molecule has 0 spiro atoms. The number of ether oxygens (including phenoxy) is 1. The van der Waals surface area contributed by atoms with Crippen LogP contribution in [0.25, 0.3) is 0 Å². The lowest BCUT2D eigenvalue weighted by Gasteiger charge is -2.13. The summed E-state index contributed by atoms with van der Waals surface area (Å²) in [7, 11) is 0. The van der Waals surface area contributed by atoms with Crippen LogP contribution in [0.5, 0.6) is 5.75 Å². The van der Waals surface area contributed by atoms with E-state index in [2.05, 4.69) is 5.10 Å². The molecule has 4 heteroatoms. The lowest BCUT2D eigenvalue weighted by molar-refractivity contribution is 0.186. The molecule has 0 aromatic carbocycles. The Bertz CT molecular complexity index is 243. The molecule has 1 N–H and O–H groups in total. The molecule has 11 heavy (non-hydrogen) atoms. The van der Waals surface area contributed by atoms with Gasteiger partial charge in [-0.25, -0.2) is 4.68 Å². The molecule has 1 aliphatic rings. The first-order chi connectivity index (χ1) is 5.42. The van der Waals surface area contributed by atoms with Gasteiger partial charge in [-0.2, -0.15) is 5.10 Å². The summed E-state index contributed by atoms with van der Waals surface area (Å²) in [6.45, 7) is 0.711. The second-order valence-electron chi connectivity index (χ2n) is 2.55. The number of hydrogen-bond acceptors (Lipinski definition) is 3. The maximum absolute atomic E-state index is 8.83. The first-order valence-corrected chi connectivity index (χ1v) is 3.70. The van der Waals surface area contributed by atoms with Crippen LogP contribution in [0.1, 0.15) is 12.1 Å². The average Bonchev–Trinajstić information content (AvgIpc) is 2.47. The van der Waals surface area contributed by atoms with Crippen LogP contribution in [-0.4, -0.2) is 21.5 Å². The molecule has 4 nitrogen and oxygen atoms in total. The minimum absolute atomic E-state index is 0.0569. The van der Waals surface area contributed by atoms with Crippen molar-refractivity contribution in [3.8, 4) is 5.75 Å². The summed E-state index contributed by atoms with van der Waals surface area (Å²) in [4.78, 5) is 0. The van der Waals surface area contributed by atoms with E-state index in [0.29, 0.717) is 0 Å². The van der Waals surface area contributed by atoms with Gasteiger partial charge in [-0.15, -0.1) is 0 Å². The van der Waals surface area contributed by atoms with Crippen molar-refractivity contribution in [2.24, 2.45) is 0 Å². The maximum atomic E-state index is 8.83. The first kappa shape index (κ1) is 6.67. The van der Waals surface area contributed by atoms with Gasteiger partial charge in [0.05, 0.1) is 18.5 Å². The molecule has 0 fully saturated rings. The zero-order chi connectivity index (χ0) is 7.68. The zero-order valence-electron chi connectivity index (χ0n) is 6.16. The summed E-state index contributed by atoms with van der Waals surface area (Å²) in [5.41, 5.74) is 1.01. The minimum Gasteiger partial charge on any atom is -0.490 e. The van der Waals surface area contributed by atoms with Crippen LogP contribution in [-0.2, 0) is 13.2 Å². The Labute approximate surface area is 64.4 Å². The normalized spacial score (nSPS) is 15.7. The Morgan fingerprint density at radius 1 is 1.73 bits per heavy atom. The summed E-state index contributed by atoms with van der Waals surface area (Å²) in [6.07, 6.45) is 3.62. The van der Waals surface area contributed by atoms with E-state index in [-0.39, 0.29) is 6.73 Å². The van der Waals surface area contributed by atoms with Crippen molar-refractivity contribution in [3.63, 3.8) is 0 Å². The largest absolute Gasteiger partial charge is 0.490 e. The van der Waals surface area contributed by atoms with E-state index in [9.17, 15) is 0 Å². The predicted molar refractivity (Wildman–Crippen MR) is 38.3 cm³/mol. The summed E-state index contributed by atoms with van der Waals surface area (Å²) in [5.74, 6) is 0.824. The molecule has 0 bridgehead atoms. The van der Waals surface area contributed by atoms with Crippen molar-refractivity contribution in [1.29, 1.82) is 0 Å². The third-order valence-electron chi connectivity index (χ3n) is 1.86. The van der Waals surface area contributed by atoms with Crippen molar-refractivity contribution >= 4 is 0 Å². The van der Waals surface area contributed by atoms with Crippen molar-refractivity contribution < 1.29 is 9.84 Å². The zero-order valence-corrected chi connectivity index (χ0v) is 6.16. The third-order valence-corrected chi connectivity index (χ3v) is 1.86. The monoisotopic (exact) mass is 154 g/mol. The van der Waals surface area contributed by atoms with E-state index < -0.39 is 0 Å². The molecule has 0 radical (unpaired) electrons. The SMILES string of the molecule is OCn1ncc2c1CCCO2. The van der Waals surface area contributed by atoms with Crippen LogP contribution in [0.15, 0.2) is 6.20 Å². The molecule has 0 unspecified atom stereocenters. The highest BCUT2D eigenvalue weighted by Gasteiger charge is 2.14. The van der Waals surface area contributed by atoms with Crippen molar-refractivity contribution in [3.05, 3.63) is 11.9 Å². The van der Waals surface area contributed by atoms with Gasteiger partial charge in [0.2, 0.25) is 0 Å². The van der Waals surface area contributed by atoms with E-state index in [4.69, 9.17) is 9.84 Å². The number of aromatic nitrogens is 2. The molecule has 0 atom stereocenters. The molecular formula is C7H10N2O2. The van der Waals surface area contributed by atoms with Gasteiger partial charge >= 0.3 is 0 Å². The fraction of sp³-hybridized carbons (Fsp3) is 0.571. The second-order valence-corrected chi connectivity index (χ2v) is 2.55. The predicted octanol–water partition coefficient (Wildman–Crippen LogP) is 0.158. The molecule has 1 aliphatic heterocycles. The lowest BCUT2D eigenvalue weighted by atomic mass is 10.2. The molecule has 0 amide bonds. The summed E-state index contributed by atoms with van der Waals surface area (Å²) < 4.78 is 6.88. The van der Waals surface area contributed by atoms with E-state index in [1.807, 2.05) is 0 Å². The fourth-order valence-corrected chi connectivity index (χ4v) is 1.31. The topological polar surface area (TPSA) is 47.3 Å². The van der Waals surface area contributed by atoms with Gasteiger partial charge in [0.1, 0.15) is 6.73 Å². The number of aliphatic hydroxyl groups is 1. The number of hydrogen-bond donors (Lipinski definition) is 1. The highest BCUT2D eigenvalue weighted by atomic mass is 16.5. The Morgan fingerprint density at radius 3 is 3.45 bits per heavy atom. The molecule has 0 saturated carbocycles. The third kappa shape index (κ3) is 0.991. The Hall–Kier alpha value is -1.03. The molecule has 1 aromatic rings. The maximum Gasteiger partial charge on any atom is 0.160 e. The van der Waals surface area contributed by atoms with Crippen molar-refractivity contribution in [1.82, 2.24) is 9.78 Å². The molecule has 2 heterocycles. The van der Waals surface area contributed by atoms with E-state index in [1.165, 1.54) is 0 Å². The molecule has 0 saturated heterocycles. The second kappa shape index (κ2) is 2.54. The van der Waals surface area contributed by atoms with E-state index in [1.54, 1.807) is 10.9 Å². The molecular weight excluding hydrogens is 144 g/mol.